The second-order valence-electron chi connectivity index (χ2n) is 7.16. The van der Waals surface area contributed by atoms with E-state index in [4.69, 9.17) is 11.6 Å². The number of hydrogen-bond acceptors (Lipinski definition) is 4. The van der Waals surface area contributed by atoms with E-state index in [0.29, 0.717) is 5.52 Å². The van der Waals surface area contributed by atoms with Crippen LogP contribution in [0.2, 0.25) is 5.02 Å². The topological polar surface area (TPSA) is 79.0 Å². The molecule has 6 nitrogen and oxygen atoms in total. The van der Waals surface area contributed by atoms with Crippen molar-refractivity contribution in [3.05, 3.63) is 83.1 Å². The summed E-state index contributed by atoms with van der Waals surface area (Å²) in [6.45, 7) is -0.438. The predicted molar refractivity (Wildman–Crippen MR) is 119 cm³/mol. The number of rotatable bonds is 5. The predicted octanol–water partition coefficient (Wildman–Crippen LogP) is 7.21. The normalized spacial score (nSPS) is 11.9. The number of halogens is 5. The Balaban J connectivity index is 1.73. The number of fused-ring (bicyclic) bond motifs is 1. The first-order valence-electron chi connectivity index (χ1n) is 9.78. The van der Waals surface area contributed by atoms with Gasteiger partial charge in [-0.15, -0.1) is 10.2 Å². The fraction of sp³-hybridized carbons (Fsp3) is 0.0870. The zero-order chi connectivity index (χ0) is 24.5. The van der Waals surface area contributed by atoms with Gasteiger partial charge in [-0.05, 0) is 42.5 Å². The summed E-state index contributed by atoms with van der Waals surface area (Å²) in [5.41, 5.74) is -1.34. The third-order valence-electron chi connectivity index (χ3n) is 4.89. The third-order valence-corrected chi connectivity index (χ3v) is 5.12. The van der Waals surface area contributed by atoms with Gasteiger partial charge in [-0.25, -0.2) is 4.39 Å². The molecule has 0 atom stereocenters. The average molecular weight is 491 g/mol. The van der Waals surface area contributed by atoms with Crippen LogP contribution in [0.5, 0.6) is 5.88 Å². The van der Waals surface area contributed by atoms with E-state index in [-0.39, 0.29) is 21.8 Å². The van der Waals surface area contributed by atoms with Crippen molar-refractivity contribution in [2.75, 3.05) is 5.32 Å². The van der Waals surface area contributed by atoms with Crippen molar-refractivity contribution in [2.24, 2.45) is 10.2 Å². The van der Waals surface area contributed by atoms with Gasteiger partial charge in [0.25, 0.3) is 0 Å². The van der Waals surface area contributed by atoms with Crippen LogP contribution in [-0.4, -0.2) is 15.6 Å². The summed E-state index contributed by atoms with van der Waals surface area (Å²) in [6, 6.07) is 14.6. The molecule has 0 unspecified atom stereocenters. The molecule has 0 fully saturated rings. The molecule has 0 saturated heterocycles. The molecule has 1 amide bonds. The van der Waals surface area contributed by atoms with Crippen LogP contribution >= 0.6 is 11.6 Å². The van der Waals surface area contributed by atoms with Gasteiger partial charge in [0.05, 0.1) is 22.5 Å². The fourth-order valence-corrected chi connectivity index (χ4v) is 3.53. The van der Waals surface area contributed by atoms with Crippen molar-refractivity contribution in [1.29, 1.82) is 0 Å². The summed E-state index contributed by atoms with van der Waals surface area (Å²) in [5.74, 6) is -1.81. The Labute approximate surface area is 195 Å². The van der Waals surface area contributed by atoms with Gasteiger partial charge in [-0.1, -0.05) is 35.9 Å². The summed E-state index contributed by atoms with van der Waals surface area (Å²) in [5, 5.41) is 21.2. The van der Waals surface area contributed by atoms with E-state index in [1.165, 1.54) is 53.1 Å². The third kappa shape index (κ3) is 4.72. The molecule has 0 bridgehead atoms. The molecule has 174 valence electrons. The van der Waals surface area contributed by atoms with Gasteiger partial charge in [0.15, 0.2) is 5.69 Å². The van der Waals surface area contributed by atoms with Gasteiger partial charge in [0, 0.05) is 10.4 Å². The number of benzene rings is 3. The van der Waals surface area contributed by atoms with Crippen molar-refractivity contribution in [3.63, 3.8) is 0 Å². The molecule has 0 aliphatic carbocycles. The van der Waals surface area contributed by atoms with Crippen LogP contribution < -0.4 is 5.32 Å². The lowest BCUT2D eigenvalue weighted by Gasteiger charge is -2.09. The molecule has 0 spiro atoms. The largest absolute Gasteiger partial charge is 0.493 e. The molecule has 0 aliphatic rings. The zero-order valence-electron chi connectivity index (χ0n) is 17.1. The number of azo groups is 1. The van der Waals surface area contributed by atoms with Crippen molar-refractivity contribution >= 4 is 45.5 Å². The Hall–Kier alpha value is -3.92. The Morgan fingerprint density at radius 2 is 1.74 bits per heavy atom. The minimum atomic E-state index is -4.65. The molecule has 4 aromatic rings. The first kappa shape index (κ1) is 23.2. The van der Waals surface area contributed by atoms with Crippen molar-refractivity contribution in [1.82, 2.24) is 4.57 Å². The maximum absolute atomic E-state index is 13.9. The lowest BCUT2D eigenvalue weighted by Crippen LogP contribution is -2.19. The van der Waals surface area contributed by atoms with Crippen molar-refractivity contribution in [2.45, 2.75) is 12.7 Å². The van der Waals surface area contributed by atoms with E-state index in [9.17, 15) is 27.5 Å². The minimum absolute atomic E-state index is 0.0461. The number of hydrogen-bond donors (Lipinski definition) is 2. The molecule has 0 aliphatic heterocycles. The van der Waals surface area contributed by atoms with E-state index in [2.05, 4.69) is 15.5 Å². The minimum Gasteiger partial charge on any atom is -0.493 e. The Kier molecular flexibility index (Phi) is 6.25. The standard InChI is InChI=1S/C23H15ClF4N4O2/c24-13-9-10-19-14(11-13)21(31-30-17-7-3-1-5-15(17)23(26,27)28)22(34)32(19)12-20(33)29-18-8-4-2-6-16(18)25/h1-11,34H,12H2,(H,29,33). The van der Waals surface area contributed by atoms with Gasteiger partial charge in [-0.3, -0.25) is 4.79 Å². The van der Waals surface area contributed by atoms with Gasteiger partial charge < -0.3 is 15.0 Å². The number of nitrogens with zero attached hydrogens (tertiary/aromatic N) is 3. The van der Waals surface area contributed by atoms with Crippen LogP contribution in [0, 0.1) is 5.82 Å². The van der Waals surface area contributed by atoms with Gasteiger partial charge in [0.1, 0.15) is 12.4 Å². The molecule has 2 N–H and O–H groups in total. The maximum atomic E-state index is 13.9. The molecule has 1 heterocycles. The number of amides is 1. The van der Waals surface area contributed by atoms with E-state index in [0.717, 1.165) is 12.1 Å². The fourth-order valence-electron chi connectivity index (χ4n) is 3.35. The summed E-state index contributed by atoms with van der Waals surface area (Å²) in [7, 11) is 0. The number of aromatic nitrogens is 1. The second-order valence-corrected chi connectivity index (χ2v) is 7.60. The molecule has 11 heteroatoms. The number of para-hydroxylation sites is 1. The van der Waals surface area contributed by atoms with Gasteiger partial charge in [0.2, 0.25) is 11.8 Å². The number of carbonyl (C=O) groups excluding carboxylic acids is 1. The van der Waals surface area contributed by atoms with Crippen LogP contribution in [0.4, 0.5) is 34.6 Å². The van der Waals surface area contributed by atoms with Gasteiger partial charge >= 0.3 is 6.18 Å². The number of nitrogens with one attached hydrogen (secondary N) is 1. The van der Waals surface area contributed by atoms with Crippen molar-refractivity contribution < 1.29 is 27.5 Å². The molecular weight excluding hydrogens is 476 g/mol. The molecule has 0 saturated carbocycles. The Bertz CT molecular complexity index is 1420. The Morgan fingerprint density at radius 1 is 1.03 bits per heavy atom. The highest BCUT2D eigenvalue weighted by atomic mass is 35.5. The number of carbonyl (C=O) groups is 1. The summed E-state index contributed by atoms with van der Waals surface area (Å²) in [4.78, 5) is 12.5. The molecular formula is C23H15ClF4N4O2. The van der Waals surface area contributed by atoms with E-state index < -0.39 is 41.6 Å². The van der Waals surface area contributed by atoms with Crippen LogP contribution in [-0.2, 0) is 17.5 Å². The molecule has 4 rings (SSSR count). The molecule has 1 aromatic heterocycles. The highest BCUT2D eigenvalue weighted by Crippen LogP contribution is 2.42. The summed E-state index contributed by atoms with van der Waals surface area (Å²) >= 11 is 6.05. The van der Waals surface area contributed by atoms with Crippen LogP contribution in [0.1, 0.15) is 5.56 Å². The smallest absolute Gasteiger partial charge is 0.418 e. The van der Waals surface area contributed by atoms with E-state index >= 15 is 0 Å². The van der Waals surface area contributed by atoms with Crippen LogP contribution in [0.25, 0.3) is 10.9 Å². The number of aromatic hydroxyl groups is 1. The van der Waals surface area contributed by atoms with Crippen LogP contribution in [0.15, 0.2) is 77.0 Å². The van der Waals surface area contributed by atoms with E-state index in [1.54, 1.807) is 6.07 Å². The number of anilines is 1. The first-order chi connectivity index (χ1) is 16.1. The van der Waals surface area contributed by atoms with Gasteiger partial charge in [-0.2, -0.15) is 13.2 Å². The molecule has 3 aromatic carbocycles. The lowest BCUT2D eigenvalue weighted by atomic mass is 10.2. The SMILES string of the molecule is O=C(Cn1c(O)c(N=Nc2ccccc2C(F)(F)F)c2cc(Cl)ccc21)Nc1ccccc1F. The average Bonchev–Trinajstić information content (AvgIpc) is 3.03. The Morgan fingerprint density at radius 3 is 2.47 bits per heavy atom. The second kappa shape index (κ2) is 9.14. The van der Waals surface area contributed by atoms with Crippen molar-refractivity contribution in [3.8, 4) is 5.88 Å². The summed E-state index contributed by atoms with van der Waals surface area (Å²) in [6.07, 6.45) is -4.65. The summed E-state index contributed by atoms with van der Waals surface area (Å²) < 4.78 is 54.8. The first-order valence-corrected chi connectivity index (χ1v) is 10.2. The zero-order valence-corrected chi connectivity index (χ0v) is 17.9. The maximum Gasteiger partial charge on any atom is 0.418 e. The molecule has 34 heavy (non-hydrogen) atoms. The lowest BCUT2D eigenvalue weighted by molar-refractivity contribution is -0.137. The number of alkyl halides is 3. The monoisotopic (exact) mass is 490 g/mol. The quantitative estimate of drug-likeness (QED) is 0.229. The molecule has 0 radical (unpaired) electrons. The van der Waals surface area contributed by atoms with E-state index in [1.807, 2.05) is 0 Å². The highest BCUT2D eigenvalue weighted by molar-refractivity contribution is 6.31. The highest BCUT2D eigenvalue weighted by Gasteiger charge is 2.33. The van der Waals surface area contributed by atoms with Crippen LogP contribution in [0.3, 0.4) is 0 Å².